The van der Waals surface area contributed by atoms with E-state index in [0.29, 0.717) is 0 Å². The number of aromatic amines is 1. The van der Waals surface area contributed by atoms with Crippen LogP contribution in [0.5, 0.6) is 0 Å². The van der Waals surface area contributed by atoms with Gasteiger partial charge in [0, 0.05) is 0 Å². The largest absolute Gasteiger partial charge is 0.342 e. The van der Waals surface area contributed by atoms with Crippen molar-refractivity contribution in [2.75, 3.05) is 0 Å². The van der Waals surface area contributed by atoms with E-state index in [1.54, 1.807) is 0 Å². The third kappa shape index (κ3) is 2.53. The molecule has 4 rings (SSSR count). The molecule has 0 unspecified atom stereocenters. The fourth-order valence-corrected chi connectivity index (χ4v) is 3.06. The fraction of sp³-hybridized carbons (Fsp3) is 0.0952. The second-order valence-electron chi connectivity index (χ2n) is 5.95. The maximum Gasteiger partial charge on any atom is 0.104 e. The van der Waals surface area contributed by atoms with E-state index in [2.05, 4.69) is 83.6 Å². The smallest absolute Gasteiger partial charge is 0.104 e. The van der Waals surface area contributed by atoms with Crippen LogP contribution in [0.2, 0.25) is 0 Å². The molecule has 3 aromatic carbocycles. The van der Waals surface area contributed by atoms with E-state index >= 15 is 0 Å². The number of hydrogen-bond donors (Lipinski definition) is 1. The Labute approximate surface area is 135 Å². The number of aryl methyl sites for hydroxylation is 2. The maximum absolute atomic E-state index is 4.46. The van der Waals surface area contributed by atoms with Gasteiger partial charge in [-0.3, -0.25) is 0 Å². The van der Waals surface area contributed by atoms with Crippen molar-refractivity contribution in [3.8, 4) is 22.3 Å². The molecular formula is C21H18N2. The van der Waals surface area contributed by atoms with Gasteiger partial charge in [-0.15, -0.1) is 0 Å². The number of hydrogen-bond acceptors (Lipinski definition) is 1. The highest BCUT2D eigenvalue weighted by Gasteiger charge is 2.05. The molecule has 2 heteroatoms. The zero-order chi connectivity index (χ0) is 15.8. The van der Waals surface area contributed by atoms with Crippen LogP contribution >= 0.6 is 0 Å². The molecule has 0 fully saturated rings. The minimum atomic E-state index is 0.951. The average molecular weight is 298 g/mol. The lowest BCUT2D eigenvalue weighted by Gasteiger charge is -2.07. The minimum absolute atomic E-state index is 0.951. The lowest BCUT2D eigenvalue weighted by atomic mass is 9.97. The van der Waals surface area contributed by atoms with E-state index in [1.165, 1.54) is 27.8 Å². The summed E-state index contributed by atoms with van der Waals surface area (Å²) < 4.78 is 0. The number of benzene rings is 3. The van der Waals surface area contributed by atoms with Gasteiger partial charge in [0.05, 0.1) is 11.0 Å². The molecule has 1 aromatic heterocycles. The number of rotatable bonds is 2. The molecule has 0 atom stereocenters. The highest BCUT2D eigenvalue weighted by molar-refractivity contribution is 5.82. The van der Waals surface area contributed by atoms with E-state index in [9.17, 15) is 0 Å². The molecule has 4 aromatic rings. The van der Waals surface area contributed by atoms with Crippen LogP contribution in [-0.4, -0.2) is 9.97 Å². The Bertz CT molecular complexity index is 978. The predicted octanol–water partition coefficient (Wildman–Crippen LogP) is 5.51. The molecule has 0 radical (unpaired) electrons. The summed E-state index contributed by atoms with van der Waals surface area (Å²) in [5, 5.41) is 0. The van der Waals surface area contributed by atoms with Gasteiger partial charge in [-0.1, -0.05) is 54.6 Å². The molecule has 112 valence electrons. The van der Waals surface area contributed by atoms with E-state index in [0.717, 1.165) is 16.9 Å². The number of nitrogens with zero attached hydrogens (tertiary/aromatic N) is 1. The molecule has 0 aliphatic carbocycles. The second kappa shape index (κ2) is 5.40. The topological polar surface area (TPSA) is 28.7 Å². The quantitative estimate of drug-likeness (QED) is 0.519. The Morgan fingerprint density at radius 1 is 0.739 bits per heavy atom. The van der Waals surface area contributed by atoms with E-state index in [1.807, 2.05) is 6.92 Å². The van der Waals surface area contributed by atoms with Gasteiger partial charge in [0.15, 0.2) is 0 Å². The van der Waals surface area contributed by atoms with Gasteiger partial charge < -0.3 is 4.98 Å². The average Bonchev–Trinajstić information content (AvgIpc) is 2.94. The number of nitrogens with one attached hydrogen (secondary N) is 1. The molecule has 0 aliphatic rings. The third-order valence-corrected chi connectivity index (χ3v) is 4.27. The molecule has 0 bridgehead atoms. The summed E-state index contributed by atoms with van der Waals surface area (Å²) in [7, 11) is 0. The Morgan fingerprint density at radius 3 is 2.22 bits per heavy atom. The second-order valence-corrected chi connectivity index (χ2v) is 5.95. The Kier molecular flexibility index (Phi) is 3.23. The van der Waals surface area contributed by atoms with Gasteiger partial charge in [-0.05, 0) is 53.8 Å². The molecule has 0 aliphatic heterocycles. The highest BCUT2D eigenvalue weighted by atomic mass is 14.9. The van der Waals surface area contributed by atoms with Gasteiger partial charge >= 0.3 is 0 Å². The number of imidazole rings is 1. The molecular weight excluding hydrogens is 280 g/mol. The number of aromatic nitrogens is 2. The number of fused-ring (bicyclic) bond motifs is 1. The molecule has 2 nitrogen and oxygen atoms in total. The summed E-state index contributed by atoms with van der Waals surface area (Å²) in [5.41, 5.74) is 8.37. The zero-order valence-corrected chi connectivity index (χ0v) is 13.3. The standard InChI is InChI=1S/C21H18N2/c1-14-5-3-4-6-19(14)17-9-7-16(8-10-17)18-11-12-20-21(13-18)23-15(2)22-20/h3-13H,1-2H3,(H,22,23). The normalized spacial score (nSPS) is 11.0. The van der Waals surface area contributed by atoms with Gasteiger partial charge in [-0.25, -0.2) is 4.98 Å². The van der Waals surface area contributed by atoms with Gasteiger partial charge in [-0.2, -0.15) is 0 Å². The first-order valence-electron chi connectivity index (χ1n) is 7.83. The molecule has 23 heavy (non-hydrogen) atoms. The Hall–Kier alpha value is -2.87. The summed E-state index contributed by atoms with van der Waals surface area (Å²) in [6.45, 7) is 4.13. The van der Waals surface area contributed by atoms with E-state index in [-0.39, 0.29) is 0 Å². The van der Waals surface area contributed by atoms with Crippen LogP contribution in [0.1, 0.15) is 11.4 Å². The van der Waals surface area contributed by atoms with Crippen LogP contribution in [0.4, 0.5) is 0 Å². The van der Waals surface area contributed by atoms with Crippen molar-refractivity contribution in [1.29, 1.82) is 0 Å². The van der Waals surface area contributed by atoms with Crippen molar-refractivity contribution in [3.63, 3.8) is 0 Å². The van der Waals surface area contributed by atoms with Crippen LogP contribution in [-0.2, 0) is 0 Å². The van der Waals surface area contributed by atoms with Crippen LogP contribution in [0.15, 0.2) is 66.7 Å². The summed E-state index contributed by atoms with van der Waals surface area (Å²) in [5.74, 6) is 0.951. The first kappa shape index (κ1) is 13.8. The van der Waals surface area contributed by atoms with Crippen LogP contribution < -0.4 is 0 Å². The van der Waals surface area contributed by atoms with Crippen molar-refractivity contribution >= 4 is 11.0 Å². The monoisotopic (exact) mass is 298 g/mol. The molecule has 0 saturated heterocycles. The van der Waals surface area contributed by atoms with Crippen molar-refractivity contribution < 1.29 is 0 Å². The molecule has 1 heterocycles. The van der Waals surface area contributed by atoms with Crippen LogP contribution in [0, 0.1) is 13.8 Å². The molecule has 0 spiro atoms. The van der Waals surface area contributed by atoms with Crippen molar-refractivity contribution in [2.24, 2.45) is 0 Å². The van der Waals surface area contributed by atoms with E-state index in [4.69, 9.17) is 0 Å². The van der Waals surface area contributed by atoms with Crippen molar-refractivity contribution in [1.82, 2.24) is 9.97 Å². The maximum atomic E-state index is 4.46. The predicted molar refractivity (Wildman–Crippen MR) is 96.4 cm³/mol. The SMILES string of the molecule is Cc1nc2ccc(-c3ccc(-c4ccccc4C)cc3)cc2[nH]1. The van der Waals surface area contributed by atoms with Crippen LogP contribution in [0.25, 0.3) is 33.3 Å². The minimum Gasteiger partial charge on any atom is -0.342 e. The summed E-state index contributed by atoms with van der Waals surface area (Å²) in [6, 6.07) is 23.6. The number of H-pyrrole nitrogens is 1. The molecule has 0 saturated carbocycles. The lowest BCUT2D eigenvalue weighted by molar-refractivity contribution is 1.17. The van der Waals surface area contributed by atoms with Gasteiger partial charge in [0.2, 0.25) is 0 Å². The van der Waals surface area contributed by atoms with E-state index < -0.39 is 0 Å². The van der Waals surface area contributed by atoms with Gasteiger partial charge in [0.1, 0.15) is 5.82 Å². The summed E-state index contributed by atoms with van der Waals surface area (Å²) >= 11 is 0. The lowest BCUT2D eigenvalue weighted by Crippen LogP contribution is -1.83. The summed E-state index contributed by atoms with van der Waals surface area (Å²) in [4.78, 5) is 7.76. The Balaban J connectivity index is 1.73. The summed E-state index contributed by atoms with van der Waals surface area (Å²) in [6.07, 6.45) is 0. The van der Waals surface area contributed by atoms with Crippen molar-refractivity contribution in [3.05, 3.63) is 78.1 Å². The first-order valence-corrected chi connectivity index (χ1v) is 7.83. The first-order chi connectivity index (χ1) is 11.2. The Morgan fingerprint density at radius 2 is 1.43 bits per heavy atom. The molecule has 1 N–H and O–H groups in total. The third-order valence-electron chi connectivity index (χ3n) is 4.27. The zero-order valence-electron chi connectivity index (χ0n) is 13.3. The molecule has 0 amide bonds. The van der Waals surface area contributed by atoms with Gasteiger partial charge in [0.25, 0.3) is 0 Å². The fourth-order valence-electron chi connectivity index (χ4n) is 3.06. The van der Waals surface area contributed by atoms with Crippen LogP contribution in [0.3, 0.4) is 0 Å². The highest BCUT2D eigenvalue weighted by Crippen LogP contribution is 2.28. The van der Waals surface area contributed by atoms with Crippen molar-refractivity contribution in [2.45, 2.75) is 13.8 Å².